The van der Waals surface area contributed by atoms with Crippen LogP contribution in [-0.2, 0) is 9.59 Å². The molecule has 2 fully saturated rings. The molecule has 2 aliphatic carbocycles. The highest BCUT2D eigenvalue weighted by molar-refractivity contribution is 6.01. The first-order valence-corrected chi connectivity index (χ1v) is 8.24. The Balaban J connectivity index is 2.13. The van der Waals surface area contributed by atoms with E-state index in [0.29, 0.717) is 24.7 Å². The molecule has 0 aromatic carbocycles. The fraction of sp³-hybridized carbons (Fsp3) is 0.875. The van der Waals surface area contributed by atoms with Gasteiger partial charge in [0, 0.05) is 12.1 Å². The summed E-state index contributed by atoms with van der Waals surface area (Å²) in [4.78, 5) is 24.2. The molecule has 0 heterocycles. The molecule has 5 nitrogen and oxygen atoms in total. The highest BCUT2D eigenvalue weighted by Crippen LogP contribution is 2.40. The number of nitrogens with one attached hydrogen (secondary N) is 1. The van der Waals surface area contributed by atoms with Crippen LogP contribution in [-0.4, -0.2) is 29.1 Å². The molecule has 0 saturated heterocycles. The maximum atomic E-state index is 12.6. The van der Waals surface area contributed by atoms with Gasteiger partial charge in [0.1, 0.15) is 5.41 Å². The van der Waals surface area contributed by atoms with Gasteiger partial charge in [0.15, 0.2) is 0 Å². The lowest BCUT2D eigenvalue weighted by Gasteiger charge is -2.46. The Bertz CT molecular complexity index is 392. The van der Waals surface area contributed by atoms with Gasteiger partial charge in [-0.25, -0.2) is 0 Å². The van der Waals surface area contributed by atoms with Crippen LogP contribution >= 0.6 is 0 Å². The van der Waals surface area contributed by atoms with E-state index in [0.717, 1.165) is 25.7 Å². The first-order valence-electron chi connectivity index (χ1n) is 8.24. The first kappa shape index (κ1) is 16.3. The number of carboxylic acids is 1. The summed E-state index contributed by atoms with van der Waals surface area (Å²) in [5, 5.41) is 12.6. The maximum Gasteiger partial charge on any atom is 0.319 e. The molecule has 21 heavy (non-hydrogen) atoms. The monoisotopic (exact) mass is 296 g/mol. The molecular weight excluding hydrogens is 268 g/mol. The zero-order valence-corrected chi connectivity index (χ0v) is 13.1. The lowest BCUT2D eigenvalue weighted by molar-refractivity contribution is -0.157. The van der Waals surface area contributed by atoms with Crippen molar-refractivity contribution in [3.05, 3.63) is 0 Å². The van der Waals surface area contributed by atoms with Crippen molar-refractivity contribution in [3.63, 3.8) is 0 Å². The minimum atomic E-state index is -1.28. The number of nitrogens with two attached hydrogens (primary N) is 1. The van der Waals surface area contributed by atoms with Gasteiger partial charge in [0.25, 0.3) is 0 Å². The number of hydrogen-bond donors (Lipinski definition) is 3. The van der Waals surface area contributed by atoms with Crippen LogP contribution in [0.25, 0.3) is 0 Å². The number of carbonyl (C=O) groups excluding carboxylic acids is 1. The Morgan fingerprint density at radius 3 is 2.14 bits per heavy atom. The Hall–Kier alpha value is -1.10. The van der Waals surface area contributed by atoms with E-state index < -0.39 is 11.4 Å². The van der Waals surface area contributed by atoms with E-state index >= 15 is 0 Å². The van der Waals surface area contributed by atoms with Crippen molar-refractivity contribution in [1.29, 1.82) is 0 Å². The van der Waals surface area contributed by atoms with Gasteiger partial charge >= 0.3 is 5.97 Å². The molecular formula is C16H28N2O3. The van der Waals surface area contributed by atoms with Gasteiger partial charge < -0.3 is 16.2 Å². The second-order valence-electron chi connectivity index (χ2n) is 6.78. The standard InChI is InChI=1S/C16H28N2O3/c1-3-16(4-2,15(20)21)14(19)18-13-10-6-5-7-11(13)9-12(17)8-10/h10-13H,3-9,17H2,1-2H3,(H,18,19)(H,20,21). The van der Waals surface area contributed by atoms with Crippen LogP contribution in [0.4, 0.5) is 0 Å². The van der Waals surface area contributed by atoms with Crippen LogP contribution in [0.2, 0.25) is 0 Å². The molecule has 0 aliphatic heterocycles. The Morgan fingerprint density at radius 1 is 1.19 bits per heavy atom. The number of carboxylic acid groups (broad SMARTS) is 1. The minimum Gasteiger partial charge on any atom is -0.480 e. The van der Waals surface area contributed by atoms with Gasteiger partial charge in [-0.3, -0.25) is 9.59 Å². The van der Waals surface area contributed by atoms with Crippen LogP contribution in [0.1, 0.15) is 58.8 Å². The molecule has 0 spiro atoms. The van der Waals surface area contributed by atoms with E-state index in [1.165, 1.54) is 6.42 Å². The third-order valence-corrected chi connectivity index (χ3v) is 5.73. The predicted octanol–water partition coefficient (Wildman–Crippen LogP) is 1.90. The Kier molecular flexibility index (Phi) is 4.91. The van der Waals surface area contributed by atoms with E-state index in [2.05, 4.69) is 5.32 Å². The molecule has 0 radical (unpaired) electrons. The molecule has 0 aromatic heterocycles. The number of carbonyl (C=O) groups is 2. The van der Waals surface area contributed by atoms with Gasteiger partial charge in [-0.05, 0) is 50.4 Å². The van der Waals surface area contributed by atoms with Crippen LogP contribution < -0.4 is 11.1 Å². The average molecular weight is 296 g/mol. The molecule has 2 saturated carbocycles. The predicted molar refractivity (Wildman–Crippen MR) is 80.6 cm³/mol. The van der Waals surface area contributed by atoms with Crippen LogP contribution in [0.3, 0.4) is 0 Å². The summed E-state index contributed by atoms with van der Waals surface area (Å²) in [5.74, 6) is -0.492. The van der Waals surface area contributed by atoms with Gasteiger partial charge in [-0.1, -0.05) is 20.3 Å². The van der Waals surface area contributed by atoms with Gasteiger partial charge in [0.2, 0.25) is 5.91 Å². The van der Waals surface area contributed by atoms with Gasteiger partial charge in [-0.2, -0.15) is 0 Å². The van der Waals surface area contributed by atoms with Crippen molar-refractivity contribution in [2.45, 2.75) is 70.9 Å². The largest absolute Gasteiger partial charge is 0.480 e. The van der Waals surface area contributed by atoms with Gasteiger partial charge in [0.05, 0.1) is 0 Å². The zero-order valence-electron chi connectivity index (χ0n) is 13.1. The molecule has 120 valence electrons. The molecule has 1 amide bonds. The minimum absolute atomic E-state index is 0.114. The summed E-state index contributed by atoms with van der Waals surface area (Å²) in [6.45, 7) is 3.55. The van der Waals surface area contributed by atoms with Crippen molar-refractivity contribution in [3.8, 4) is 0 Å². The fourth-order valence-electron chi connectivity index (χ4n) is 4.29. The van der Waals surface area contributed by atoms with Crippen molar-refractivity contribution in [2.75, 3.05) is 0 Å². The normalized spacial score (nSPS) is 32.5. The molecule has 2 aliphatic rings. The number of aliphatic carboxylic acids is 1. The van der Waals surface area contributed by atoms with E-state index in [9.17, 15) is 14.7 Å². The van der Waals surface area contributed by atoms with E-state index in [1.807, 2.05) is 0 Å². The second kappa shape index (κ2) is 6.34. The highest BCUT2D eigenvalue weighted by Gasteiger charge is 2.46. The number of hydrogen-bond acceptors (Lipinski definition) is 3. The van der Waals surface area contributed by atoms with E-state index in [-0.39, 0.29) is 18.0 Å². The SMILES string of the molecule is CCC(CC)(C(=O)O)C(=O)NC1C2CCCC1CC(N)C2. The van der Waals surface area contributed by atoms with Crippen LogP contribution in [0.15, 0.2) is 0 Å². The molecule has 2 unspecified atom stereocenters. The quantitative estimate of drug-likeness (QED) is 0.676. The number of rotatable bonds is 5. The Labute approximate surface area is 126 Å². The van der Waals surface area contributed by atoms with E-state index in [1.54, 1.807) is 13.8 Å². The molecule has 2 rings (SSSR count). The molecule has 2 bridgehead atoms. The smallest absolute Gasteiger partial charge is 0.319 e. The third-order valence-electron chi connectivity index (χ3n) is 5.73. The lowest BCUT2D eigenvalue weighted by atomic mass is 9.66. The molecule has 2 atom stereocenters. The molecule has 0 aromatic rings. The topological polar surface area (TPSA) is 92.4 Å². The first-order chi connectivity index (χ1) is 9.94. The summed E-state index contributed by atoms with van der Waals surface area (Å²) < 4.78 is 0. The van der Waals surface area contributed by atoms with Crippen molar-refractivity contribution >= 4 is 11.9 Å². The van der Waals surface area contributed by atoms with Crippen molar-refractivity contribution < 1.29 is 14.7 Å². The molecule has 5 heteroatoms. The zero-order chi connectivity index (χ0) is 15.6. The summed E-state index contributed by atoms with van der Waals surface area (Å²) in [6, 6.07) is 0.345. The summed E-state index contributed by atoms with van der Waals surface area (Å²) in [6.07, 6.45) is 5.92. The van der Waals surface area contributed by atoms with Crippen molar-refractivity contribution in [1.82, 2.24) is 5.32 Å². The van der Waals surface area contributed by atoms with Crippen molar-refractivity contribution in [2.24, 2.45) is 23.0 Å². The highest BCUT2D eigenvalue weighted by atomic mass is 16.4. The second-order valence-corrected chi connectivity index (χ2v) is 6.78. The molecule has 4 N–H and O–H groups in total. The lowest BCUT2D eigenvalue weighted by Crippen LogP contribution is -2.57. The van der Waals surface area contributed by atoms with Gasteiger partial charge in [-0.15, -0.1) is 0 Å². The van der Waals surface area contributed by atoms with Crippen LogP contribution in [0, 0.1) is 17.3 Å². The summed E-state index contributed by atoms with van der Waals surface area (Å²) in [5.41, 5.74) is 4.81. The number of amides is 1. The van der Waals surface area contributed by atoms with E-state index in [4.69, 9.17) is 5.73 Å². The Morgan fingerprint density at radius 2 is 1.71 bits per heavy atom. The fourth-order valence-corrected chi connectivity index (χ4v) is 4.29. The van der Waals surface area contributed by atoms with Crippen LogP contribution in [0.5, 0.6) is 0 Å². The summed E-state index contributed by atoms with van der Waals surface area (Å²) in [7, 11) is 0. The number of fused-ring (bicyclic) bond motifs is 2. The average Bonchev–Trinajstić information content (AvgIpc) is 2.41. The third kappa shape index (κ3) is 2.93. The maximum absolute atomic E-state index is 12.6. The summed E-state index contributed by atoms with van der Waals surface area (Å²) >= 11 is 0.